The summed E-state index contributed by atoms with van der Waals surface area (Å²) in [6, 6.07) is 9.94. The Labute approximate surface area is 194 Å². The van der Waals surface area contributed by atoms with Crippen LogP contribution in [-0.2, 0) is 14.3 Å². The van der Waals surface area contributed by atoms with Crippen LogP contribution in [0, 0.1) is 5.92 Å². The molecule has 2 aliphatic rings. The van der Waals surface area contributed by atoms with Crippen LogP contribution in [0.2, 0.25) is 5.02 Å². The first-order chi connectivity index (χ1) is 15.4. The molecule has 1 amide bonds. The van der Waals surface area contributed by atoms with Gasteiger partial charge in [-0.3, -0.25) is 4.79 Å². The molecule has 1 aromatic heterocycles. The van der Waals surface area contributed by atoms with E-state index in [4.69, 9.17) is 21.1 Å². The van der Waals surface area contributed by atoms with Crippen molar-refractivity contribution in [3.8, 4) is 11.1 Å². The molecule has 8 heteroatoms. The Kier molecular flexibility index (Phi) is 7.30. The highest BCUT2D eigenvalue weighted by Crippen LogP contribution is 2.32. The summed E-state index contributed by atoms with van der Waals surface area (Å²) in [5, 5.41) is 10.1. The summed E-state index contributed by atoms with van der Waals surface area (Å²) in [6.07, 6.45) is 3.15. The van der Waals surface area contributed by atoms with E-state index in [-0.39, 0.29) is 11.5 Å². The first-order valence-corrected chi connectivity index (χ1v) is 11.5. The fraction of sp³-hybridized carbons (Fsp3) is 0.500. The van der Waals surface area contributed by atoms with Crippen LogP contribution in [0.5, 0.6) is 0 Å². The van der Waals surface area contributed by atoms with Crippen LogP contribution < -0.4 is 16.0 Å². The minimum absolute atomic E-state index is 0.0590. The third kappa shape index (κ3) is 5.98. The summed E-state index contributed by atoms with van der Waals surface area (Å²) < 4.78 is 11.3. The summed E-state index contributed by atoms with van der Waals surface area (Å²) in [7, 11) is 0. The predicted molar refractivity (Wildman–Crippen MR) is 127 cm³/mol. The van der Waals surface area contributed by atoms with Crippen molar-refractivity contribution in [2.45, 2.75) is 38.4 Å². The van der Waals surface area contributed by atoms with Crippen LogP contribution in [0.4, 0.5) is 11.5 Å². The van der Waals surface area contributed by atoms with Crippen LogP contribution in [-0.4, -0.2) is 55.4 Å². The number of pyridine rings is 1. The molecule has 0 spiro atoms. The van der Waals surface area contributed by atoms with E-state index in [1.54, 1.807) is 12.3 Å². The molecule has 2 aromatic rings. The van der Waals surface area contributed by atoms with Gasteiger partial charge in [0.1, 0.15) is 11.9 Å². The fourth-order valence-corrected chi connectivity index (χ4v) is 4.47. The van der Waals surface area contributed by atoms with Gasteiger partial charge in [0.2, 0.25) is 0 Å². The number of benzene rings is 1. The number of carbonyl (C=O) groups is 1. The molecule has 0 aliphatic carbocycles. The number of amides is 1. The van der Waals surface area contributed by atoms with Gasteiger partial charge in [-0.05, 0) is 56.4 Å². The van der Waals surface area contributed by atoms with E-state index in [1.165, 1.54) is 0 Å². The number of nitrogens with zero attached hydrogens (tertiary/aromatic N) is 1. The topological polar surface area (TPSA) is 84.5 Å². The minimum Gasteiger partial charge on any atom is -0.385 e. The van der Waals surface area contributed by atoms with E-state index < -0.39 is 6.10 Å². The van der Waals surface area contributed by atoms with Crippen LogP contribution >= 0.6 is 11.6 Å². The molecular formula is C24H31ClN4O3. The summed E-state index contributed by atoms with van der Waals surface area (Å²) in [4.78, 5) is 16.7. The highest BCUT2D eigenvalue weighted by molar-refractivity contribution is 6.33. The van der Waals surface area contributed by atoms with Crippen LogP contribution in [0.25, 0.3) is 11.1 Å². The van der Waals surface area contributed by atoms with Crippen LogP contribution in [0.15, 0.2) is 36.5 Å². The van der Waals surface area contributed by atoms with Crippen molar-refractivity contribution in [3.05, 3.63) is 41.6 Å². The van der Waals surface area contributed by atoms with Crippen molar-refractivity contribution in [3.63, 3.8) is 0 Å². The normalized spacial score (nSPS) is 22.8. The summed E-state index contributed by atoms with van der Waals surface area (Å²) >= 11 is 6.45. The van der Waals surface area contributed by atoms with Crippen molar-refractivity contribution < 1.29 is 14.3 Å². The SMILES string of the molecule is CC1(C)C[C@@H](CNc2cccc(-c3cc(NC(=O)[C@H]4CNCCO4)ncc3Cl)c2)CCO1. The third-order valence-corrected chi connectivity index (χ3v) is 6.20. The maximum Gasteiger partial charge on any atom is 0.255 e. The van der Waals surface area contributed by atoms with E-state index in [0.29, 0.717) is 29.9 Å². The van der Waals surface area contributed by atoms with E-state index in [1.807, 2.05) is 12.1 Å². The molecule has 1 aromatic carbocycles. The molecule has 2 atom stereocenters. The smallest absolute Gasteiger partial charge is 0.255 e. The number of morpholine rings is 1. The Balaban J connectivity index is 1.43. The minimum atomic E-state index is -0.521. The third-order valence-electron chi connectivity index (χ3n) is 5.89. The number of ether oxygens (including phenoxy) is 2. The van der Waals surface area contributed by atoms with Gasteiger partial charge in [-0.25, -0.2) is 4.98 Å². The van der Waals surface area contributed by atoms with Crippen molar-refractivity contribution in [2.24, 2.45) is 5.92 Å². The summed E-state index contributed by atoms with van der Waals surface area (Å²) in [5.41, 5.74) is 2.75. The molecule has 2 fully saturated rings. The molecule has 4 rings (SSSR count). The van der Waals surface area contributed by atoms with Crippen LogP contribution in [0.1, 0.15) is 26.7 Å². The zero-order chi connectivity index (χ0) is 22.6. The molecule has 0 radical (unpaired) electrons. The van der Waals surface area contributed by atoms with Gasteiger partial charge in [-0.2, -0.15) is 0 Å². The lowest BCUT2D eigenvalue weighted by Crippen LogP contribution is -2.45. The van der Waals surface area contributed by atoms with E-state index >= 15 is 0 Å². The van der Waals surface area contributed by atoms with Gasteiger partial charge in [0, 0.05) is 43.7 Å². The standard InChI is InChI=1S/C24H31ClN4O3/c1-24(2)12-16(6-8-32-24)13-27-18-5-3-4-17(10-18)19-11-22(28-14-20(19)25)29-23(30)21-15-26-7-9-31-21/h3-5,10-11,14,16,21,26-27H,6-9,12-13,15H2,1-2H3,(H,28,29,30)/t16-,21+/m0/s1. The van der Waals surface area contributed by atoms with Crippen molar-refractivity contribution in [1.29, 1.82) is 0 Å². The lowest BCUT2D eigenvalue weighted by molar-refractivity contribution is -0.128. The average Bonchev–Trinajstić information content (AvgIpc) is 2.79. The Bertz CT molecular complexity index is 947. The average molecular weight is 459 g/mol. The Morgan fingerprint density at radius 1 is 1.31 bits per heavy atom. The maximum atomic E-state index is 12.5. The largest absolute Gasteiger partial charge is 0.385 e. The van der Waals surface area contributed by atoms with Gasteiger partial charge >= 0.3 is 0 Å². The molecule has 2 saturated heterocycles. The zero-order valence-electron chi connectivity index (χ0n) is 18.6. The molecule has 0 unspecified atom stereocenters. The highest BCUT2D eigenvalue weighted by Gasteiger charge is 2.28. The first-order valence-electron chi connectivity index (χ1n) is 11.2. The van der Waals surface area contributed by atoms with Crippen molar-refractivity contribution in [2.75, 3.05) is 43.5 Å². The molecule has 3 heterocycles. The molecule has 0 bridgehead atoms. The quantitative estimate of drug-likeness (QED) is 0.608. The van der Waals surface area contributed by atoms with E-state index in [0.717, 1.165) is 49.4 Å². The molecule has 7 nitrogen and oxygen atoms in total. The van der Waals surface area contributed by atoms with Gasteiger partial charge in [0.25, 0.3) is 5.91 Å². The molecule has 0 saturated carbocycles. The number of anilines is 2. The van der Waals surface area contributed by atoms with Crippen molar-refractivity contribution >= 4 is 29.0 Å². The zero-order valence-corrected chi connectivity index (χ0v) is 19.4. The van der Waals surface area contributed by atoms with Gasteiger partial charge < -0.3 is 25.4 Å². The number of nitrogens with one attached hydrogen (secondary N) is 3. The number of hydrogen-bond donors (Lipinski definition) is 3. The molecular weight excluding hydrogens is 428 g/mol. The number of aromatic nitrogens is 1. The van der Waals surface area contributed by atoms with Gasteiger partial charge in [-0.1, -0.05) is 23.7 Å². The van der Waals surface area contributed by atoms with Crippen LogP contribution in [0.3, 0.4) is 0 Å². The predicted octanol–water partition coefficient (Wildman–Crippen LogP) is 3.95. The molecule has 172 valence electrons. The summed E-state index contributed by atoms with van der Waals surface area (Å²) in [5.74, 6) is 0.810. The van der Waals surface area contributed by atoms with Gasteiger partial charge in [0.15, 0.2) is 0 Å². The van der Waals surface area contributed by atoms with Crippen molar-refractivity contribution in [1.82, 2.24) is 10.3 Å². The Morgan fingerprint density at radius 2 is 2.19 bits per heavy atom. The lowest BCUT2D eigenvalue weighted by Gasteiger charge is -2.35. The van der Waals surface area contributed by atoms with E-state index in [9.17, 15) is 4.79 Å². The van der Waals surface area contributed by atoms with Gasteiger partial charge in [0.05, 0.1) is 17.2 Å². The maximum absolute atomic E-state index is 12.5. The highest BCUT2D eigenvalue weighted by atomic mass is 35.5. The number of carbonyl (C=O) groups excluding carboxylic acids is 1. The Morgan fingerprint density at radius 3 is 2.97 bits per heavy atom. The number of hydrogen-bond acceptors (Lipinski definition) is 6. The second-order valence-corrected chi connectivity index (χ2v) is 9.44. The second kappa shape index (κ2) is 10.2. The monoisotopic (exact) mass is 458 g/mol. The lowest BCUT2D eigenvalue weighted by atomic mass is 9.88. The van der Waals surface area contributed by atoms with Gasteiger partial charge in [-0.15, -0.1) is 0 Å². The second-order valence-electron chi connectivity index (χ2n) is 9.03. The van der Waals surface area contributed by atoms with E-state index in [2.05, 4.69) is 46.9 Å². The fourth-order valence-electron chi connectivity index (χ4n) is 4.26. The molecule has 32 heavy (non-hydrogen) atoms. The summed E-state index contributed by atoms with van der Waals surface area (Å²) in [6.45, 7) is 7.77. The molecule has 3 N–H and O–H groups in total. The Hall–Kier alpha value is -2.19. The number of halogens is 1. The number of rotatable bonds is 6. The first kappa shape index (κ1) is 23.0. The molecule has 2 aliphatic heterocycles.